The summed E-state index contributed by atoms with van der Waals surface area (Å²) in [4.78, 5) is 22.1. The van der Waals surface area contributed by atoms with Crippen molar-refractivity contribution in [3.8, 4) is 5.88 Å². The Bertz CT molecular complexity index is 523. The molecule has 0 bridgehead atoms. The molecule has 6 nitrogen and oxygen atoms in total. The van der Waals surface area contributed by atoms with E-state index in [0.29, 0.717) is 24.4 Å². The van der Waals surface area contributed by atoms with Gasteiger partial charge in [0, 0.05) is 18.8 Å². The molecule has 2 heterocycles. The first-order valence-electron chi connectivity index (χ1n) is 7.66. The first-order chi connectivity index (χ1) is 10.2. The van der Waals surface area contributed by atoms with E-state index in [1.807, 2.05) is 11.8 Å². The smallest absolute Gasteiger partial charge is 0.326 e. The minimum absolute atomic E-state index is 0.228. The third-order valence-corrected chi connectivity index (χ3v) is 4.47. The molecule has 1 aliphatic carbocycles. The number of aromatic nitrogens is 2. The number of aliphatic carboxylic acids is 1. The second-order valence-electron chi connectivity index (χ2n) is 5.83. The highest BCUT2D eigenvalue weighted by atomic mass is 16.5. The van der Waals surface area contributed by atoms with E-state index in [1.54, 1.807) is 12.3 Å². The van der Waals surface area contributed by atoms with Crippen LogP contribution in [0.1, 0.15) is 32.6 Å². The molecule has 0 spiro atoms. The van der Waals surface area contributed by atoms with Gasteiger partial charge in [0.2, 0.25) is 11.8 Å². The molecule has 0 radical (unpaired) electrons. The number of hydrogen-bond acceptors (Lipinski definition) is 5. The van der Waals surface area contributed by atoms with E-state index in [0.717, 1.165) is 32.2 Å². The minimum atomic E-state index is -0.770. The van der Waals surface area contributed by atoms with Gasteiger partial charge in [-0.1, -0.05) is 13.3 Å². The second kappa shape index (κ2) is 5.87. The van der Waals surface area contributed by atoms with Gasteiger partial charge in [-0.3, -0.25) is 0 Å². The number of rotatable bonds is 5. The fourth-order valence-electron chi connectivity index (χ4n) is 3.59. The van der Waals surface area contributed by atoms with Gasteiger partial charge in [-0.25, -0.2) is 9.78 Å². The number of ether oxygens (including phenoxy) is 1. The van der Waals surface area contributed by atoms with Crippen molar-refractivity contribution in [2.24, 2.45) is 11.8 Å². The van der Waals surface area contributed by atoms with E-state index in [2.05, 4.69) is 9.97 Å². The monoisotopic (exact) mass is 291 g/mol. The van der Waals surface area contributed by atoms with Gasteiger partial charge >= 0.3 is 5.97 Å². The minimum Gasteiger partial charge on any atom is -0.480 e. The van der Waals surface area contributed by atoms with Gasteiger partial charge in [-0.05, 0) is 31.1 Å². The predicted molar refractivity (Wildman–Crippen MR) is 77.4 cm³/mol. The first kappa shape index (κ1) is 14.1. The number of carboxylic acids is 1. The lowest BCUT2D eigenvalue weighted by atomic mass is 9.94. The van der Waals surface area contributed by atoms with Gasteiger partial charge < -0.3 is 14.7 Å². The van der Waals surface area contributed by atoms with Crippen molar-refractivity contribution < 1.29 is 14.6 Å². The van der Waals surface area contributed by atoms with Crippen LogP contribution in [0.3, 0.4) is 0 Å². The average molecular weight is 291 g/mol. The molecule has 0 amide bonds. The fraction of sp³-hybridized carbons (Fsp3) is 0.667. The Kier molecular flexibility index (Phi) is 3.94. The summed E-state index contributed by atoms with van der Waals surface area (Å²) in [6, 6.07) is 1.21. The van der Waals surface area contributed by atoms with Crippen LogP contribution in [-0.4, -0.2) is 40.2 Å². The molecule has 114 valence electrons. The van der Waals surface area contributed by atoms with E-state index in [9.17, 15) is 9.90 Å². The Morgan fingerprint density at radius 2 is 2.38 bits per heavy atom. The molecule has 1 aromatic rings. The molecular weight excluding hydrogens is 270 g/mol. The Balaban J connectivity index is 1.83. The van der Waals surface area contributed by atoms with Crippen LogP contribution in [0.25, 0.3) is 0 Å². The third-order valence-electron chi connectivity index (χ3n) is 4.47. The quantitative estimate of drug-likeness (QED) is 0.893. The van der Waals surface area contributed by atoms with Crippen LogP contribution in [0, 0.1) is 11.8 Å². The van der Waals surface area contributed by atoms with Crippen LogP contribution in [0.2, 0.25) is 0 Å². The number of anilines is 1. The third kappa shape index (κ3) is 2.66. The Labute approximate surface area is 124 Å². The van der Waals surface area contributed by atoms with E-state index >= 15 is 0 Å². The summed E-state index contributed by atoms with van der Waals surface area (Å²) in [5.74, 6) is 0.905. The topological polar surface area (TPSA) is 75.5 Å². The molecule has 1 aromatic heterocycles. The Morgan fingerprint density at radius 3 is 3.14 bits per heavy atom. The summed E-state index contributed by atoms with van der Waals surface area (Å²) < 4.78 is 5.52. The van der Waals surface area contributed by atoms with Gasteiger partial charge in [-0.15, -0.1) is 0 Å². The summed E-state index contributed by atoms with van der Waals surface area (Å²) in [6.45, 7) is 3.37. The van der Waals surface area contributed by atoms with Gasteiger partial charge in [0.1, 0.15) is 6.04 Å². The van der Waals surface area contributed by atoms with Gasteiger partial charge in [0.25, 0.3) is 0 Å². The van der Waals surface area contributed by atoms with Crippen LogP contribution in [0.15, 0.2) is 12.3 Å². The van der Waals surface area contributed by atoms with Gasteiger partial charge in [0.15, 0.2) is 0 Å². The Hall–Kier alpha value is -1.85. The summed E-state index contributed by atoms with van der Waals surface area (Å²) in [5.41, 5.74) is 0. The van der Waals surface area contributed by atoms with Crippen LogP contribution in [0.5, 0.6) is 5.88 Å². The zero-order chi connectivity index (χ0) is 14.8. The van der Waals surface area contributed by atoms with Crippen molar-refractivity contribution in [2.45, 2.75) is 38.6 Å². The molecule has 3 unspecified atom stereocenters. The Morgan fingerprint density at radius 1 is 1.52 bits per heavy atom. The van der Waals surface area contributed by atoms with Crippen LogP contribution >= 0.6 is 0 Å². The maximum Gasteiger partial charge on any atom is 0.326 e. The fourth-order valence-corrected chi connectivity index (χ4v) is 3.59. The molecule has 1 saturated carbocycles. The highest BCUT2D eigenvalue weighted by Gasteiger charge is 2.48. The summed E-state index contributed by atoms with van der Waals surface area (Å²) in [5, 5.41) is 9.57. The van der Waals surface area contributed by atoms with Crippen molar-refractivity contribution in [3.05, 3.63) is 12.3 Å². The van der Waals surface area contributed by atoms with Crippen molar-refractivity contribution in [1.82, 2.24) is 9.97 Å². The highest BCUT2D eigenvalue weighted by molar-refractivity contribution is 5.79. The molecule has 3 atom stereocenters. The molecule has 0 aromatic carbocycles. The van der Waals surface area contributed by atoms with E-state index in [4.69, 9.17) is 4.74 Å². The van der Waals surface area contributed by atoms with E-state index < -0.39 is 12.0 Å². The molecule has 21 heavy (non-hydrogen) atoms. The van der Waals surface area contributed by atoms with E-state index in [-0.39, 0.29) is 5.92 Å². The number of carbonyl (C=O) groups is 1. The second-order valence-corrected chi connectivity index (χ2v) is 5.83. The maximum atomic E-state index is 11.7. The molecule has 3 rings (SSSR count). The molecule has 2 aliphatic rings. The summed E-state index contributed by atoms with van der Waals surface area (Å²) in [7, 11) is 0. The zero-order valence-electron chi connectivity index (χ0n) is 12.2. The average Bonchev–Trinajstić information content (AvgIpc) is 3.05. The predicted octanol–water partition coefficient (Wildman–Crippen LogP) is 1.95. The summed E-state index contributed by atoms with van der Waals surface area (Å²) in [6.07, 6.45) is 5.78. The highest BCUT2D eigenvalue weighted by Crippen LogP contribution is 2.43. The molecule has 2 fully saturated rings. The van der Waals surface area contributed by atoms with Crippen LogP contribution in [0.4, 0.5) is 5.95 Å². The molecule has 1 aliphatic heterocycles. The lowest BCUT2D eigenvalue weighted by molar-refractivity contribution is -0.139. The number of nitrogens with zero attached hydrogens (tertiary/aromatic N) is 3. The lowest BCUT2D eigenvalue weighted by Crippen LogP contribution is -2.40. The van der Waals surface area contributed by atoms with Gasteiger partial charge in [0.05, 0.1) is 6.61 Å². The van der Waals surface area contributed by atoms with Crippen LogP contribution in [-0.2, 0) is 4.79 Å². The number of hydrogen-bond donors (Lipinski definition) is 1. The SMILES string of the molecule is CCCOc1ccnc(N2CC3CCCC3C2C(=O)O)n1. The van der Waals surface area contributed by atoms with Crippen molar-refractivity contribution in [3.63, 3.8) is 0 Å². The molecular formula is C15H21N3O3. The van der Waals surface area contributed by atoms with E-state index in [1.165, 1.54) is 0 Å². The summed E-state index contributed by atoms with van der Waals surface area (Å²) >= 11 is 0. The van der Waals surface area contributed by atoms with Crippen molar-refractivity contribution >= 4 is 11.9 Å². The maximum absolute atomic E-state index is 11.7. The molecule has 1 N–H and O–H groups in total. The van der Waals surface area contributed by atoms with Crippen molar-refractivity contribution in [2.75, 3.05) is 18.1 Å². The number of carboxylic acid groups (broad SMARTS) is 1. The largest absolute Gasteiger partial charge is 0.480 e. The lowest BCUT2D eigenvalue weighted by Gasteiger charge is -2.24. The zero-order valence-corrected chi connectivity index (χ0v) is 12.2. The van der Waals surface area contributed by atoms with Crippen molar-refractivity contribution in [1.29, 1.82) is 0 Å². The number of fused-ring (bicyclic) bond motifs is 1. The first-order valence-corrected chi connectivity index (χ1v) is 7.66. The standard InChI is InChI=1S/C15H21N3O3/c1-2-8-21-12-6-7-16-15(17-12)18-9-10-4-3-5-11(10)13(18)14(19)20/h6-7,10-11,13H,2-5,8-9H2,1H3,(H,19,20). The molecule has 1 saturated heterocycles. The molecule has 6 heteroatoms. The van der Waals surface area contributed by atoms with Gasteiger partial charge in [-0.2, -0.15) is 4.98 Å². The normalized spacial score (nSPS) is 27.7. The van der Waals surface area contributed by atoms with Crippen LogP contribution < -0.4 is 9.64 Å².